The zero-order valence-electron chi connectivity index (χ0n) is 11.5. The second-order valence-corrected chi connectivity index (χ2v) is 5.55. The van der Waals surface area contributed by atoms with Gasteiger partial charge in [0.2, 0.25) is 5.91 Å². The lowest BCUT2D eigenvalue weighted by molar-refractivity contribution is -0.135. The minimum Gasteiger partial charge on any atom is -0.441 e. The third kappa shape index (κ3) is 2.62. The van der Waals surface area contributed by atoms with E-state index >= 15 is 0 Å². The van der Waals surface area contributed by atoms with Crippen molar-refractivity contribution in [2.45, 2.75) is 24.5 Å². The number of amides is 2. The maximum atomic E-state index is 12.2. The van der Waals surface area contributed by atoms with E-state index in [0.717, 1.165) is 19.4 Å². The summed E-state index contributed by atoms with van der Waals surface area (Å²) < 4.78 is 5.48. The van der Waals surface area contributed by atoms with Crippen molar-refractivity contribution in [1.29, 1.82) is 0 Å². The van der Waals surface area contributed by atoms with Crippen LogP contribution in [0.1, 0.15) is 12.8 Å². The number of likely N-dealkylation sites (N-methyl/N-ethyl adjacent to an activating group) is 1. The fourth-order valence-electron chi connectivity index (χ4n) is 3.02. The van der Waals surface area contributed by atoms with Crippen LogP contribution in [0.25, 0.3) is 0 Å². The molecule has 3 aliphatic heterocycles. The number of carbonyl (C=O) groups is 2. The summed E-state index contributed by atoms with van der Waals surface area (Å²) in [7, 11) is 1.75. The highest BCUT2D eigenvalue weighted by Gasteiger charge is 2.46. The van der Waals surface area contributed by atoms with Crippen LogP contribution in [-0.2, 0) is 9.53 Å². The van der Waals surface area contributed by atoms with Crippen LogP contribution in [-0.4, -0.2) is 66.7 Å². The highest BCUT2D eigenvalue weighted by molar-refractivity contribution is 5.85. The quantitative estimate of drug-likeness (QED) is 0.711. The third-order valence-corrected chi connectivity index (χ3v) is 4.18. The van der Waals surface area contributed by atoms with Crippen LogP contribution in [0.2, 0.25) is 0 Å². The van der Waals surface area contributed by atoms with E-state index < -0.39 is 0 Å². The summed E-state index contributed by atoms with van der Waals surface area (Å²) in [5.41, 5.74) is -0.373. The summed E-state index contributed by atoms with van der Waals surface area (Å²) >= 11 is 0. The normalized spacial score (nSPS) is 27.6. The van der Waals surface area contributed by atoms with Gasteiger partial charge in [-0.1, -0.05) is 12.2 Å². The summed E-state index contributed by atoms with van der Waals surface area (Å²) in [5, 5.41) is 3.13. The summed E-state index contributed by atoms with van der Waals surface area (Å²) in [6.07, 6.45) is 5.09. The number of rotatable bonds is 1. The molecule has 0 aliphatic carbocycles. The number of carbonyl (C=O) groups excluding carboxylic acids is 2. The van der Waals surface area contributed by atoms with Gasteiger partial charge >= 0.3 is 6.09 Å². The van der Waals surface area contributed by atoms with E-state index in [0.29, 0.717) is 19.6 Å². The molecule has 7 heteroatoms. The topological polar surface area (TPSA) is 61.9 Å². The maximum Gasteiger partial charge on any atom is 0.410 e. The number of hydrogen-bond donors (Lipinski definition) is 1. The summed E-state index contributed by atoms with van der Waals surface area (Å²) in [6.45, 7) is 2.71. The molecule has 112 valence electrons. The molecule has 0 saturated carbocycles. The Morgan fingerprint density at radius 3 is 2.65 bits per heavy atom. The molecule has 0 bridgehead atoms. The SMILES string of the molecule is CN1CC2(CCN(C(=O)C3C=CCN3)CC2)OC1=O.Cl. The van der Waals surface area contributed by atoms with Gasteiger partial charge in [0, 0.05) is 39.5 Å². The Kier molecular flexibility index (Phi) is 4.25. The number of nitrogens with zero attached hydrogens (tertiary/aromatic N) is 2. The molecule has 0 aromatic carbocycles. The molecule has 3 heterocycles. The predicted octanol–water partition coefficient (Wildman–Crippen LogP) is 0.379. The van der Waals surface area contributed by atoms with Gasteiger partial charge in [0.05, 0.1) is 6.54 Å². The number of nitrogens with one attached hydrogen (secondary N) is 1. The van der Waals surface area contributed by atoms with E-state index in [1.54, 1.807) is 11.9 Å². The van der Waals surface area contributed by atoms with Crippen molar-refractivity contribution in [2.75, 3.05) is 33.2 Å². The number of likely N-dealkylation sites (tertiary alicyclic amines) is 1. The van der Waals surface area contributed by atoms with Gasteiger partial charge in [0.15, 0.2) is 0 Å². The monoisotopic (exact) mass is 301 g/mol. The molecule has 2 fully saturated rings. The molecule has 1 N–H and O–H groups in total. The second-order valence-electron chi connectivity index (χ2n) is 5.55. The Labute approximate surface area is 124 Å². The molecule has 1 atom stereocenters. The molecule has 1 unspecified atom stereocenters. The van der Waals surface area contributed by atoms with Gasteiger partial charge in [-0.15, -0.1) is 12.4 Å². The van der Waals surface area contributed by atoms with Crippen molar-refractivity contribution in [3.63, 3.8) is 0 Å². The molecule has 0 aromatic heterocycles. The number of halogens is 1. The highest BCUT2D eigenvalue weighted by atomic mass is 35.5. The van der Waals surface area contributed by atoms with E-state index in [9.17, 15) is 9.59 Å². The Bertz CT molecular complexity index is 433. The van der Waals surface area contributed by atoms with E-state index in [1.807, 2.05) is 17.1 Å². The molecule has 6 nitrogen and oxygen atoms in total. The van der Waals surface area contributed by atoms with Crippen LogP contribution in [0.5, 0.6) is 0 Å². The van der Waals surface area contributed by atoms with E-state index in [4.69, 9.17) is 4.74 Å². The third-order valence-electron chi connectivity index (χ3n) is 4.18. The van der Waals surface area contributed by atoms with Gasteiger partial charge in [0.25, 0.3) is 0 Å². The van der Waals surface area contributed by atoms with Crippen LogP contribution < -0.4 is 5.32 Å². The lowest BCUT2D eigenvalue weighted by Crippen LogP contribution is -2.52. The first-order valence-corrected chi connectivity index (χ1v) is 6.73. The van der Waals surface area contributed by atoms with E-state index in [-0.39, 0.29) is 36.1 Å². The summed E-state index contributed by atoms with van der Waals surface area (Å²) in [4.78, 5) is 27.2. The lowest BCUT2D eigenvalue weighted by Gasteiger charge is -2.38. The van der Waals surface area contributed by atoms with Gasteiger partial charge in [-0.05, 0) is 0 Å². The van der Waals surface area contributed by atoms with Gasteiger partial charge in [0.1, 0.15) is 11.6 Å². The fraction of sp³-hybridized carbons (Fsp3) is 0.692. The average molecular weight is 302 g/mol. The average Bonchev–Trinajstić information content (AvgIpc) is 3.00. The van der Waals surface area contributed by atoms with E-state index in [2.05, 4.69) is 5.32 Å². The first-order chi connectivity index (χ1) is 9.10. The molecular formula is C13H20ClN3O3. The van der Waals surface area contributed by atoms with Crippen molar-refractivity contribution in [3.8, 4) is 0 Å². The Morgan fingerprint density at radius 1 is 1.45 bits per heavy atom. The van der Waals surface area contributed by atoms with Gasteiger partial charge in [-0.25, -0.2) is 4.79 Å². The molecule has 3 rings (SSSR count). The minimum atomic E-state index is -0.373. The zero-order chi connectivity index (χ0) is 13.5. The van der Waals surface area contributed by atoms with Gasteiger partial charge in [-0.2, -0.15) is 0 Å². The molecular weight excluding hydrogens is 282 g/mol. The molecule has 0 aromatic rings. The molecule has 2 amide bonds. The van der Waals surface area contributed by atoms with Crippen LogP contribution in [0.3, 0.4) is 0 Å². The molecule has 0 radical (unpaired) electrons. The second kappa shape index (κ2) is 5.61. The fourth-order valence-corrected chi connectivity index (χ4v) is 3.02. The molecule has 20 heavy (non-hydrogen) atoms. The summed E-state index contributed by atoms with van der Waals surface area (Å²) in [5.74, 6) is 0.126. The van der Waals surface area contributed by atoms with Crippen molar-refractivity contribution in [2.24, 2.45) is 0 Å². The van der Waals surface area contributed by atoms with Crippen LogP contribution >= 0.6 is 12.4 Å². The number of piperidine rings is 1. The van der Waals surface area contributed by atoms with Crippen molar-refractivity contribution in [3.05, 3.63) is 12.2 Å². The zero-order valence-corrected chi connectivity index (χ0v) is 12.3. The van der Waals surface area contributed by atoms with Crippen molar-refractivity contribution >= 4 is 24.4 Å². The van der Waals surface area contributed by atoms with Gasteiger partial charge in [-0.3, -0.25) is 10.1 Å². The first kappa shape index (κ1) is 15.1. The number of hydrogen-bond acceptors (Lipinski definition) is 4. The predicted molar refractivity (Wildman–Crippen MR) is 75.8 cm³/mol. The Balaban J connectivity index is 0.00000147. The van der Waals surface area contributed by atoms with Crippen LogP contribution in [0, 0.1) is 0 Å². The smallest absolute Gasteiger partial charge is 0.410 e. The van der Waals surface area contributed by atoms with Crippen LogP contribution in [0.15, 0.2) is 12.2 Å². The van der Waals surface area contributed by atoms with Crippen molar-refractivity contribution < 1.29 is 14.3 Å². The Hall–Kier alpha value is -1.27. The van der Waals surface area contributed by atoms with Gasteiger partial charge < -0.3 is 14.5 Å². The molecule has 1 spiro atoms. The molecule has 2 saturated heterocycles. The Morgan fingerprint density at radius 2 is 2.15 bits per heavy atom. The lowest BCUT2D eigenvalue weighted by atomic mass is 9.91. The standard InChI is InChI=1S/C13H19N3O3.ClH/c1-15-9-13(19-12(15)18)4-7-16(8-5-13)11(17)10-3-2-6-14-10;/h2-3,10,14H,4-9H2,1H3;1H. The minimum absolute atomic E-state index is 0. The molecule has 3 aliphatic rings. The summed E-state index contributed by atoms with van der Waals surface area (Å²) in [6, 6.07) is -0.178. The largest absolute Gasteiger partial charge is 0.441 e. The van der Waals surface area contributed by atoms with Crippen LogP contribution in [0.4, 0.5) is 4.79 Å². The van der Waals surface area contributed by atoms with Crippen molar-refractivity contribution in [1.82, 2.24) is 15.1 Å². The first-order valence-electron chi connectivity index (χ1n) is 6.73. The van der Waals surface area contributed by atoms with E-state index in [1.165, 1.54) is 0 Å². The highest BCUT2D eigenvalue weighted by Crippen LogP contribution is 2.32. The maximum absolute atomic E-state index is 12.2. The number of ether oxygens (including phenoxy) is 1.